The predicted octanol–water partition coefficient (Wildman–Crippen LogP) is 2.54. The standard InChI is InChI=1S/C14H24N4/c1-9(2)8-11(4)18(5)14-12(13(15)16)7-6-10(3)17-14/h6-7,9,11H,8H2,1-5H3,(H3,15,16). The SMILES string of the molecule is Cc1ccc(C(=N)N)c(N(C)C(C)CC(C)C)n1. The third-order valence-electron chi connectivity index (χ3n) is 3.11. The number of aryl methyl sites for hydroxylation is 1. The van der Waals surface area contributed by atoms with Gasteiger partial charge in [-0.05, 0) is 38.3 Å². The van der Waals surface area contributed by atoms with Crippen molar-refractivity contribution < 1.29 is 0 Å². The summed E-state index contributed by atoms with van der Waals surface area (Å²) >= 11 is 0. The highest BCUT2D eigenvalue weighted by molar-refractivity contribution is 5.99. The topological polar surface area (TPSA) is 66.0 Å². The predicted molar refractivity (Wildman–Crippen MR) is 77.3 cm³/mol. The summed E-state index contributed by atoms with van der Waals surface area (Å²) in [5, 5.41) is 7.63. The molecule has 0 aliphatic heterocycles. The Morgan fingerprint density at radius 2 is 2.00 bits per heavy atom. The van der Waals surface area contributed by atoms with Crippen LogP contribution < -0.4 is 10.6 Å². The number of aromatic nitrogens is 1. The van der Waals surface area contributed by atoms with Gasteiger partial charge in [0.2, 0.25) is 0 Å². The average Bonchev–Trinajstić information content (AvgIpc) is 2.26. The second-order valence-electron chi connectivity index (χ2n) is 5.33. The van der Waals surface area contributed by atoms with Crippen molar-refractivity contribution in [1.82, 2.24) is 4.98 Å². The molecule has 0 fully saturated rings. The molecule has 1 aromatic heterocycles. The van der Waals surface area contributed by atoms with Gasteiger partial charge < -0.3 is 10.6 Å². The van der Waals surface area contributed by atoms with Crippen molar-refractivity contribution in [3.05, 3.63) is 23.4 Å². The first-order chi connectivity index (χ1) is 8.32. The number of anilines is 1. The smallest absolute Gasteiger partial charge is 0.139 e. The highest BCUT2D eigenvalue weighted by Crippen LogP contribution is 2.21. The first-order valence-corrected chi connectivity index (χ1v) is 6.37. The van der Waals surface area contributed by atoms with Crippen LogP contribution in [0.1, 0.15) is 38.4 Å². The molecule has 100 valence electrons. The summed E-state index contributed by atoms with van der Waals surface area (Å²) in [6.45, 7) is 8.54. The molecule has 18 heavy (non-hydrogen) atoms. The van der Waals surface area contributed by atoms with Gasteiger partial charge >= 0.3 is 0 Å². The van der Waals surface area contributed by atoms with E-state index >= 15 is 0 Å². The minimum absolute atomic E-state index is 0.0705. The van der Waals surface area contributed by atoms with Gasteiger partial charge in [0.1, 0.15) is 11.7 Å². The van der Waals surface area contributed by atoms with Gasteiger partial charge in [0, 0.05) is 18.8 Å². The molecule has 1 rings (SSSR count). The van der Waals surface area contributed by atoms with E-state index in [9.17, 15) is 0 Å². The van der Waals surface area contributed by atoms with Crippen LogP contribution in [0.3, 0.4) is 0 Å². The number of amidine groups is 1. The van der Waals surface area contributed by atoms with E-state index in [1.807, 2.05) is 26.1 Å². The monoisotopic (exact) mass is 248 g/mol. The minimum Gasteiger partial charge on any atom is -0.384 e. The van der Waals surface area contributed by atoms with Crippen molar-refractivity contribution in [1.29, 1.82) is 5.41 Å². The largest absolute Gasteiger partial charge is 0.384 e. The Morgan fingerprint density at radius 3 is 2.50 bits per heavy atom. The van der Waals surface area contributed by atoms with Gasteiger partial charge in [0.15, 0.2) is 0 Å². The van der Waals surface area contributed by atoms with Crippen molar-refractivity contribution in [2.75, 3.05) is 11.9 Å². The van der Waals surface area contributed by atoms with Crippen molar-refractivity contribution >= 4 is 11.7 Å². The van der Waals surface area contributed by atoms with Crippen LogP contribution in [0.2, 0.25) is 0 Å². The van der Waals surface area contributed by atoms with Gasteiger partial charge in [-0.1, -0.05) is 13.8 Å². The quantitative estimate of drug-likeness (QED) is 0.621. The maximum atomic E-state index is 7.63. The zero-order valence-electron chi connectivity index (χ0n) is 12.0. The normalized spacial score (nSPS) is 12.6. The number of hydrogen-bond donors (Lipinski definition) is 2. The van der Waals surface area contributed by atoms with Crippen molar-refractivity contribution in [2.45, 2.75) is 40.2 Å². The number of nitrogens with one attached hydrogen (secondary N) is 1. The lowest BCUT2D eigenvalue weighted by Gasteiger charge is -2.29. The molecule has 0 saturated carbocycles. The number of hydrogen-bond acceptors (Lipinski definition) is 3. The molecular formula is C14H24N4. The maximum Gasteiger partial charge on any atom is 0.139 e. The third kappa shape index (κ3) is 3.45. The van der Waals surface area contributed by atoms with E-state index < -0.39 is 0 Å². The molecule has 0 spiro atoms. The lowest BCUT2D eigenvalue weighted by Crippen LogP contribution is -2.33. The number of nitrogens with zero attached hydrogens (tertiary/aromatic N) is 2. The molecular weight excluding hydrogens is 224 g/mol. The average molecular weight is 248 g/mol. The first-order valence-electron chi connectivity index (χ1n) is 6.37. The summed E-state index contributed by atoms with van der Waals surface area (Å²) in [5.41, 5.74) is 7.27. The molecule has 0 radical (unpaired) electrons. The van der Waals surface area contributed by atoms with E-state index in [1.165, 1.54) is 0 Å². The Balaban J connectivity index is 3.06. The van der Waals surface area contributed by atoms with Gasteiger partial charge in [-0.2, -0.15) is 0 Å². The number of pyridine rings is 1. The van der Waals surface area contributed by atoms with Crippen LogP contribution in [-0.4, -0.2) is 23.9 Å². The fourth-order valence-corrected chi connectivity index (χ4v) is 2.07. The summed E-state index contributed by atoms with van der Waals surface area (Å²) in [6, 6.07) is 4.14. The second kappa shape index (κ2) is 5.85. The fraction of sp³-hybridized carbons (Fsp3) is 0.571. The summed E-state index contributed by atoms with van der Waals surface area (Å²) in [7, 11) is 2.02. The maximum absolute atomic E-state index is 7.63. The third-order valence-corrected chi connectivity index (χ3v) is 3.11. The summed E-state index contributed by atoms with van der Waals surface area (Å²) in [5.74, 6) is 1.50. The van der Waals surface area contributed by atoms with Gasteiger partial charge in [0.05, 0.1) is 5.56 Å². The molecule has 3 N–H and O–H groups in total. The van der Waals surface area contributed by atoms with E-state index in [2.05, 4.69) is 30.7 Å². The van der Waals surface area contributed by atoms with Crippen LogP contribution in [0.15, 0.2) is 12.1 Å². The summed E-state index contributed by atoms with van der Waals surface area (Å²) in [6.07, 6.45) is 1.09. The Bertz CT molecular complexity index is 426. The van der Waals surface area contributed by atoms with Crippen molar-refractivity contribution in [3.63, 3.8) is 0 Å². The molecule has 0 bridgehead atoms. The van der Waals surface area contributed by atoms with E-state index in [0.717, 1.165) is 17.9 Å². The molecule has 1 unspecified atom stereocenters. The van der Waals surface area contributed by atoms with Crippen LogP contribution in [0.25, 0.3) is 0 Å². The van der Waals surface area contributed by atoms with Crippen molar-refractivity contribution in [3.8, 4) is 0 Å². The molecule has 0 aliphatic carbocycles. The molecule has 0 aromatic carbocycles. The molecule has 4 heteroatoms. The number of rotatable bonds is 5. The highest BCUT2D eigenvalue weighted by atomic mass is 15.2. The number of nitrogens with two attached hydrogens (primary N) is 1. The molecule has 1 heterocycles. The van der Waals surface area contributed by atoms with Gasteiger partial charge in [-0.25, -0.2) is 4.98 Å². The van der Waals surface area contributed by atoms with E-state index in [-0.39, 0.29) is 5.84 Å². The van der Waals surface area contributed by atoms with Crippen LogP contribution in [0.5, 0.6) is 0 Å². The van der Waals surface area contributed by atoms with Gasteiger partial charge in [-0.3, -0.25) is 5.41 Å². The van der Waals surface area contributed by atoms with Gasteiger partial charge in [-0.15, -0.1) is 0 Å². The lowest BCUT2D eigenvalue weighted by molar-refractivity contribution is 0.502. The highest BCUT2D eigenvalue weighted by Gasteiger charge is 2.17. The summed E-state index contributed by atoms with van der Waals surface area (Å²) in [4.78, 5) is 6.64. The fourth-order valence-electron chi connectivity index (χ4n) is 2.07. The minimum atomic E-state index is 0.0705. The molecule has 1 atom stereocenters. The molecule has 1 aromatic rings. The Hall–Kier alpha value is -1.58. The van der Waals surface area contributed by atoms with E-state index in [4.69, 9.17) is 11.1 Å². The zero-order valence-corrected chi connectivity index (χ0v) is 12.0. The molecule has 4 nitrogen and oxygen atoms in total. The zero-order chi connectivity index (χ0) is 13.9. The Kier molecular flexibility index (Phi) is 4.70. The Labute approximate surface area is 110 Å². The van der Waals surface area contributed by atoms with E-state index in [0.29, 0.717) is 17.5 Å². The van der Waals surface area contributed by atoms with Crippen LogP contribution in [0.4, 0.5) is 5.82 Å². The van der Waals surface area contributed by atoms with Crippen molar-refractivity contribution in [2.24, 2.45) is 11.7 Å². The Morgan fingerprint density at radius 1 is 1.39 bits per heavy atom. The molecule has 0 aliphatic rings. The lowest BCUT2D eigenvalue weighted by atomic mass is 10.0. The van der Waals surface area contributed by atoms with Crippen LogP contribution >= 0.6 is 0 Å². The molecule has 0 amide bonds. The second-order valence-corrected chi connectivity index (χ2v) is 5.33. The van der Waals surface area contributed by atoms with Gasteiger partial charge in [0.25, 0.3) is 0 Å². The van der Waals surface area contributed by atoms with E-state index in [1.54, 1.807) is 0 Å². The van der Waals surface area contributed by atoms with Crippen LogP contribution in [-0.2, 0) is 0 Å². The number of nitrogen functional groups attached to an aromatic ring is 1. The van der Waals surface area contributed by atoms with Crippen LogP contribution in [0, 0.1) is 18.3 Å². The molecule has 0 saturated heterocycles. The first kappa shape index (κ1) is 14.5. The summed E-state index contributed by atoms with van der Waals surface area (Å²) < 4.78 is 0.